The molecule has 1 aromatic heterocycles. The molecule has 0 radical (unpaired) electrons. The predicted molar refractivity (Wildman–Crippen MR) is 100 cm³/mol. The van der Waals surface area contributed by atoms with Crippen molar-refractivity contribution in [3.8, 4) is 11.4 Å². The molecule has 0 N–H and O–H groups in total. The Morgan fingerprint density at radius 2 is 1.88 bits per heavy atom. The van der Waals surface area contributed by atoms with E-state index in [9.17, 15) is 4.79 Å². The molecule has 0 unspecified atom stereocenters. The highest BCUT2D eigenvalue weighted by molar-refractivity contribution is 8.00. The number of carbonyl (C=O) groups is 1. The van der Waals surface area contributed by atoms with Crippen molar-refractivity contribution in [2.45, 2.75) is 57.1 Å². The molecule has 0 aliphatic carbocycles. The van der Waals surface area contributed by atoms with Gasteiger partial charge in [-0.25, -0.2) is 0 Å². The van der Waals surface area contributed by atoms with Gasteiger partial charge in [0.2, 0.25) is 5.91 Å². The molecule has 25 heavy (non-hydrogen) atoms. The molecule has 2 rings (SSSR count). The third-order valence-corrected chi connectivity index (χ3v) is 4.89. The van der Waals surface area contributed by atoms with Crippen LogP contribution in [-0.2, 0) is 4.79 Å². The smallest absolute Gasteiger partial charge is 0.236 e. The van der Waals surface area contributed by atoms with Gasteiger partial charge < -0.3 is 9.64 Å². The lowest BCUT2D eigenvalue weighted by atomic mass is 10.2. The van der Waals surface area contributed by atoms with Gasteiger partial charge in [0.15, 0.2) is 5.16 Å². The summed E-state index contributed by atoms with van der Waals surface area (Å²) in [6.45, 7) is 10.1. The molecular formula is C18H26N4O2S. The number of methoxy groups -OCH3 is 1. The molecule has 7 heteroatoms. The third-order valence-electron chi connectivity index (χ3n) is 3.85. The second-order valence-electron chi connectivity index (χ2n) is 6.38. The number of rotatable bonds is 7. The number of hydrogen-bond donors (Lipinski definition) is 0. The second-order valence-corrected chi connectivity index (χ2v) is 7.69. The van der Waals surface area contributed by atoms with Crippen molar-refractivity contribution >= 4 is 17.7 Å². The lowest BCUT2D eigenvalue weighted by Gasteiger charge is -2.32. The summed E-state index contributed by atoms with van der Waals surface area (Å²) in [5.74, 6) is 0.868. The van der Waals surface area contributed by atoms with Gasteiger partial charge in [-0.2, -0.15) is 0 Å². The summed E-state index contributed by atoms with van der Waals surface area (Å²) in [6, 6.07) is 7.98. The first-order valence-corrected chi connectivity index (χ1v) is 9.26. The summed E-state index contributed by atoms with van der Waals surface area (Å²) < 4.78 is 7.14. The van der Waals surface area contributed by atoms with E-state index in [2.05, 4.69) is 10.2 Å². The van der Waals surface area contributed by atoms with E-state index in [-0.39, 0.29) is 23.2 Å². The molecule has 0 aliphatic heterocycles. The second kappa shape index (κ2) is 8.38. The number of hydrogen-bond acceptors (Lipinski definition) is 5. The Balaban J connectivity index is 2.21. The first-order chi connectivity index (χ1) is 11.8. The Hall–Kier alpha value is -2.02. The number of benzene rings is 1. The fourth-order valence-corrected chi connectivity index (χ4v) is 3.67. The van der Waals surface area contributed by atoms with Crippen LogP contribution in [0.2, 0.25) is 0 Å². The number of ether oxygens (including phenoxy) is 1. The fourth-order valence-electron chi connectivity index (χ4n) is 2.77. The van der Waals surface area contributed by atoms with Crippen LogP contribution in [0, 0.1) is 0 Å². The Bertz CT molecular complexity index is 707. The molecule has 136 valence electrons. The fraction of sp³-hybridized carbons (Fsp3) is 0.500. The standard InChI is InChI=1S/C18H26N4O2S/c1-12(2)22(13(3)4)17(23)14(5)25-18-20-19-11-21(18)15-8-7-9-16(10-15)24-6/h7-14H,1-6H3/t14-/m1/s1. The zero-order valence-corrected chi connectivity index (χ0v) is 16.4. The Kier molecular flexibility index (Phi) is 6.47. The van der Waals surface area contributed by atoms with Crippen LogP contribution in [0.25, 0.3) is 5.69 Å². The third kappa shape index (κ3) is 4.54. The largest absolute Gasteiger partial charge is 0.497 e. The molecule has 2 aromatic rings. The van der Waals surface area contributed by atoms with Gasteiger partial charge in [0, 0.05) is 18.2 Å². The minimum atomic E-state index is -0.252. The summed E-state index contributed by atoms with van der Waals surface area (Å²) in [7, 11) is 1.63. The zero-order valence-electron chi connectivity index (χ0n) is 15.6. The minimum Gasteiger partial charge on any atom is -0.497 e. The van der Waals surface area contributed by atoms with E-state index >= 15 is 0 Å². The van der Waals surface area contributed by atoms with Crippen LogP contribution in [0.1, 0.15) is 34.6 Å². The van der Waals surface area contributed by atoms with E-state index < -0.39 is 0 Å². The van der Waals surface area contributed by atoms with Gasteiger partial charge in [0.1, 0.15) is 12.1 Å². The van der Waals surface area contributed by atoms with Gasteiger partial charge >= 0.3 is 0 Å². The molecule has 6 nitrogen and oxygen atoms in total. The predicted octanol–water partition coefficient (Wildman–Crippen LogP) is 3.40. The van der Waals surface area contributed by atoms with Crippen LogP contribution in [0.15, 0.2) is 35.7 Å². The van der Waals surface area contributed by atoms with E-state index in [1.807, 2.05) is 68.4 Å². The number of aromatic nitrogens is 3. The Morgan fingerprint density at radius 1 is 1.20 bits per heavy atom. The zero-order chi connectivity index (χ0) is 18.6. The van der Waals surface area contributed by atoms with Crippen LogP contribution < -0.4 is 4.74 Å². The van der Waals surface area contributed by atoms with E-state index in [0.717, 1.165) is 11.4 Å². The Morgan fingerprint density at radius 3 is 2.48 bits per heavy atom. The van der Waals surface area contributed by atoms with Gasteiger partial charge in [-0.3, -0.25) is 9.36 Å². The molecule has 0 saturated carbocycles. The van der Waals surface area contributed by atoms with E-state index in [1.165, 1.54) is 11.8 Å². The average Bonchev–Trinajstić information content (AvgIpc) is 3.02. The van der Waals surface area contributed by atoms with Gasteiger partial charge in [-0.15, -0.1) is 10.2 Å². The number of thioether (sulfide) groups is 1. The molecule has 0 fully saturated rings. The van der Waals surface area contributed by atoms with Gasteiger partial charge in [0.25, 0.3) is 0 Å². The molecule has 0 bridgehead atoms. The molecule has 1 aromatic carbocycles. The lowest BCUT2D eigenvalue weighted by molar-refractivity contribution is -0.133. The van der Waals surface area contributed by atoms with Crippen molar-refractivity contribution < 1.29 is 9.53 Å². The maximum atomic E-state index is 12.8. The quantitative estimate of drug-likeness (QED) is 0.707. The van der Waals surface area contributed by atoms with Crippen molar-refractivity contribution in [3.63, 3.8) is 0 Å². The van der Waals surface area contributed by atoms with Crippen LogP contribution in [0.4, 0.5) is 0 Å². The van der Waals surface area contributed by atoms with E-state index in [1.54, 1.807) is 13.4 Å². The topological polar surface area (TPSA) is 60.2 Å². The van der Waals surface area contributed by atoms with Crippen molar-refractivity contribution in [1.29, 1.82) is 0 Å². The van der Waals surface area contributed by atoms with Gasteiger partial charge in [-0.05, 0) is 46.8 Å². The highest BCUT2D eigenvalue weighted by Crippen LogP contribution is 2.27. The van der Waals surface area contributed by atoms with Crippen LogP contribution in [0.3, 0.4) is 0 Å². The first kappa shape index (κ1) is 19.3. The summed E-state index contributed by atoms with van der Waals surface area (Å²) in [4.78, 5) is 14.7. The van der Waals surface area contributed by atoms with Crippen molar-refractivity contribution in [2.24, 2.45) is 0 Å². The molecule has 0 aliphatic rings. The molecular weight excluding hydrogens is 336 g/mol. The molecule has 0 spiro atoms. The maximum absolute atomic E-state index is 12.8. The highest BCUT2D eigenvalue weighted by Gasteiger charge is 2.27. The lowest BCUT2D eigenvalue weighted by Crippen LogP contribution is -2.45. The van der Waals surface area contributed by atoms with Gasteiger partial charge in [0.05, 0.1) is 18.0 Å². The van der Waals surface area contributed by atoms with Crippen molar-refractivity contribution in [3.05, 3.63) is 30.6 Å². The molecule has 1 atom stereocenters. The minimum absolute atomic E-state index is 0.107. The van der Waals surface area contributed by atoms with Crippen LogP contribution in [-0.4, -0.2) is 50.0 Å². The molecule has 1 heterocycles. The maximum Gasteiger partial charge on any atom is 0.236 e. The van der Waals surface area contributed by atoms with Crippen molar-refractivity contribution in [1.82, 2.24) is 19.7 Å². The summed E-state index contributed by atoms with van der Waals surface area (Å²) in [5, 5.41) is 8.62. The monoisotopic (exact) mass is 362 g/mol. The normalized spacial score (nSPS) is 12.5. The van der Waals surface area contributed by atoms with E-state index in [4.69, 9.17) is 4.74 Å². The van der Waals surface area contributed by atoms with Crippen LogP contribution in [0.5, 0.6) is 5.75 Å². The SMILES string of the molecule is COc1cccc(-n2cnnc2S[C@H](C)C(=O)N(C(C)C)C(C)C)c1. The average molecular weight is 362 g/mol. The highest BCUT2D eigenvalue weighted by atomic mass is 32.2. The number of amides is 1. The summed E-state index contributed by atoms with van der Waals surface area (Å²) >= 11 is 1.41. The summed E-state index contributed by atoms with van der Waals surface area (Å²) in [5.41, 5.74) is 0.899. The Labute approximate surface area is 153 Å². The van der Waals surface area contributed by atoms with Crippen molar-refractivity contribution in [2.75, 3.05) is 7.11 Å². The van der Waals surface area contributed by atoms with Gasteiger partial charge in [-0.1, -0.05) is 17.8 Å². The number of carbonyl (C=O) groups excluding carboxylic acids is 1. The van der Waals surface area contributed by atoms with Crippen LogP contribution >= 0.6 is 11.8 Å². The molecule has 1 amide bonds. The van der Waals surface area contributed by atoms with E-state index in [0.29, 0.717) is 5.16 Å². The first-order valence-electron chi connectivity index (χ1n) is 8.38. The number of nitrogens with zero attached hydrogens (tertiary/aromatic N) is 4. The molecule has 0 saturated heterocycles. The summed E-state index contributed by atoms with van der Waals surface area (Å²) in [6.07, 6.45) is 1.65.